The van der Waals surface area contributed by atoms with Crippen molar-refractivity contribution >= 4 is 40.0 Å². The van der Waals surface area contributed by atoms with Crippen LogP contribution < -0.4 is 14.8 Å². The highest BCUT2D eigenvalue weighted by Crippen LogP contribution is 2.31. The molecule has 0 atom stereocenters. The lowest BCUT2D eigenvalue weighted by atomic mass is 10.1. The Labute approximate surface area is 195 Å². The molecule has 4 rings (SSSR count). The van der Waals surface area contributed by atoms with E-state index in [-0.39, 0.29) is 11.7 Å². The van der Waals surface area contributed by atoms with Crippen LogP contribution in [0.5, 0.6) is 11.6 Å². The van der Waals surface area contributed by atoms with E-state index in [9.17, 15) is 9.59 Å². The SMILES string of the molecule is COc1ccc2c(c1)c(C(=O)C(=O)Nc1cc(OC)ncn1)c(C)n2Cc1ccc(Cl)cc1. The molecule has 0 aliphatic rings. The average Bonchev–Trinajstić information content (AvgIpc) is 3.10. The Hall–Kier alpha value is -3.91. The number of Topliss-reactive ketones (excluding diaryl/α,β-unsaturated/α-hetero) is 1. The zero-order chi connectivity index (χ0) is 23.5. The van der Waals surface area contributed by atoms with Crippen molar-refractivity contribution in [3.8, 4) is 11.6 Å². The van der Waals surface area contributed by atoms with Crippen molar-refractivity contribution in [1.29, 1.82) is 0 Å². The van der Waals surface area contributed by atoms with Crippen LogP contribution in [0.4, 0.5) is 5.82 Å². The summed E-state index contributed by atoms with van der Waals surface area (Å²) in [4.78, 5) is 34.0. The lowest BCUT2D eigenvalue weighted by molar-refractivity contribution is -0.112. The number of halogens is 1. The van der Waals surface area contributed by atoms with Gasteiger partial charge in [0, 0.05) is 34.2 Å². The third-order valence-electron chi connectivity index (χ3n) is 5.31. The summed E-state index contributed by atoms with van der Waals surface area (Å²) in [6, 6.07) is 14.4. The van der Waals surface area contributed by atoms with Gasteiger partial charge in [-0.1, -0.05) is 23.7 Å². The number of carbonyl (C=O) groups excluding carboxylic acids is 2. The second kappa shape index (κ2) is 9.30. The van der Waals surface area contributed by atoms with Crippen LogP contribution in [0.15, 0.2) is 54.9 Å². The Bertz CT molecular complexity index is 1350. The van der Waals surface area contributed by atoms with Crippen molar-refractivity contribution in [3.05, 3.63) is 76.7 Å². The second-order valence-electron chi connectivity index (χ2n) is 7.28. The average molecular weight is 465 g/mol. The van der Waals surface area contributed by atoms with Crippen molar-refractivity contribution < 1.29 is 19.1 Å². The molecule has 4 aromatic rings. The maximum atomic E-state index is 13.3. The normalized spacial score (nSPS) is 10.8. The first-order valence-electron chi connectivity index (χ1n) is 10.0. The number of anilines is 1. The smallest absolute Gasteiger partial charge is 0.298 e. The Morgan fingerprint density at radius 1 is 1.03 bits per heavy atom. The fraction of sp³-hybridized carbons (Fsp3) is 0.167. The number of ether oxygens (including phenoxy) is 2. The molecule has 0 unspecified atom stereocenters. The first-order chi connectivity index (χ1) is 15.9. The number of carbonyl (C=O) groups is 2. The van der Waals surface area contributed by atoms with Crippen molar-refractivity contribution in [2.24, 2.45) is 0 Å². The molecule has 2 heterocycles. The zero-order valence-corrected chi connectivity index (χ0v) is 19.0. The molecule has 0 aliphatic heterocycles. The van der Waals surface area contributed by atoms with E-state index < -0.39 is 11.7 Å². The highest BCUT2D eigenvalue weighted by molar-refractivity contribution is 6.48. The molecule has 0 radical (unpaired) electrons. The van der Waals surface area contributed by atoms with Crippen LogP contribution in [-0.4, -0.2) is 40.4 Å². The fourth-order valence-corrected chi connectivity index (χ4v) is 3.78. The van der Waals surface area contributed by atoms with Gasteiger partial charge in [-0.2, -0.15) is 0 Å². The molecule has 33 heavy (non-hydrogen) atoms. The number of nitrogens with one attached hydrogen (secondary N) is 1. The van der Waals surface area contributed by atoms with Crippen molar-refractivity contribution in [2.75, 3.05) is 19.5 Å². The number of rotatable bonds is 7. The van der Waals surface area contributed by atoms with E-state index in [4.69, 9.17) is 21.1 Å². The molecule has 2 aromatic carbocycles. The van der Waals surface area contributed by atoms with Gasteiger partial charge in [0.05, 0.1) is 19.8 Å². The Morgan fingerprint density at radius 3 is 2.48 bits per heavy atom. The van der Waals surface area contributed by atoms with Crippen LogP contribution in [0.2, 0.25) is 5.02 Å². The first-order valence-corrected chi connectivity index (χ1v) is 10.4. The zero-order valence-electron chi connectivity index (χ0n) is 18.3. The standard InChI is InChI=1S/C24H21ClN4O4/c1-14-22(23(30)24(31)28-20-11-21(33-3)27-13-26-20)18-10-17(32-2)8-9-19(18)29(14)12-15-4-6-16(25)7-5-15/h4-11,13H,12H2,1-3H3,(H,26,27,28,31). The molecule has 0 spiro atoms. The number of benzene rings is 2. The van der Waals surface area contributed by atoms with Gasteiger partial charge in [0.25, 0.3) is 11.7 Å². The summed E-state index contributed by atoms with van der Waals surface area (Å²) in [5.41, 5.74) is 2.78. The molecule has 0 saturated heterocycles. The van der Waals surface area contributed by atoms with Gasteiger partial charge >= 0.3 is 0 Å². The number of hydrogen-bond acceptors (Lipinski definition) is 6. The molecule has 0 fully saturated rings. The predicted molar refractivity (Wildman–Crippen MR) is 125 cm³/mol. The Morgan fingerprint density at radius 2 is 1.79 bits per heavy atom. The summed E-state index contributed by atoms with van der Waals surface area (Å²) >= 11 is 6.01. The predicted octanol–water partition coefficient (Wildman–Crippen LogP) is 4.28. The van der Waals surface area contributed by atoms with Gasteiger partial charge in [-0.15, -0.1) is 0 Å². The van der Waals surface area contributed by atoms with Crippen LogP contribution in [0, 0.1) is 6.92 Å². The monoisotopic (exact) mass is 464 g/mol. The van der Waals surface area contributed by atoms with Gasteiger partial charge in [0.2, 0.25) is 5.88 Å². The molecule has 8 nitrogen and oxygen atoms in total. The lowest BCUT2D eigenvalue weighted by Gasteiger charge is -2.09. The minimum atomic E-state index is -0.813. The maximum Gasteiger partial charge on any atom is 0.298 e. The van der Waals surface area contributed by atoms with Gasteiger partial charge in [0.15, 0.2) is 0 Å². The summed E-state index contributed by atoms with van der Waals surface area (Å²) in [5, 5.41) is 3.80. The lowest BCUT2D eigenvalue weighted by Crippen LogP contribution is -2.24. The molecular weight excluding hydrogens is 444 g/mol. The molecule has 9 heteroatoms. The van der Waals surface area contributed by atoms with Gasteiger partial charge in [-0.05, 0) is 42.8 Å². The van der Waals surface area contributed by atoms with E-state index in [1.807, 2.05) is 47.9 Å². The first kappa shape index (κ1) is 22.3. The van der Waals surface area contributed by atoms with Gasteiger partial charge in [0.1, 0.15) is 17.9 Å². The molecule has 1 N–H and O–H groups in total. The number of ketones is 1. The third-order valence-corrected chi connectivity index (χ3v) is 5.56. The number of fused-ring (bicyclic) bond motifs is 1. The molecule has 2 aromatic heterocycles. The fourth-order valence-electron chi connectivity index (χ4n) is 3.66. The Kier molecular flexibility index (Phi) is 6.28. The quantitative estimate of drug-likeness (QED) is 0.324. The summed E-state index contributed by atoms with van der Waals surface area (Å²) in [6.45, 7) is 2.32. The highest BCUT2D eigenvalue weighted by atomic mass is 35.5. The molecule has 1 amide bonds. The van der Waals surface area contributed by atoms with Crippen LogP contribution in [-0.2, 0) is 11.3 Å². The van der Waals surface area contributed by atoms with Gasteiger partial charge < -0.3 is 19.4 Å². The van der Waals surface area contributed by atoms with Crippen LogP contribution >= 0.6 is 11.6 Å². The minimum absolute atomic E-state index is 0.167. The summed E-state index contributed by atoms with van der Waals surface area (Å²) in [7, 11) is 3.00. The minimum Gasteiger partial charge on any atom is -0.497 e. The van der Waals surface area contributed by atoms with E-state index in [1.54, 1.807) is 13.2 Å². The van der Waals surface area contributed by atoms with E-state index >= 15 is 0 Å². The van der Waals surface area contributed by atoms with E-state index in [1.165, 1.54) is 19.5 Å². The van der Waals surface area contributed by atoms with Crippen molar-refractivity contribution in [1.82, 2.24) is 14.5 Å². The van der Waals surface area contributed by atoms with E-state index in [2.05, 4.69) is 15.3 Å². The van der Waals surface area contributed by atoms with Crippen molar-refractivity contribution in [3.63, 3.8) is 0 Å². The summed E-state index contributed by atoms with van der Waals surface area (Å²) in [5.74, 6) is -0.472. The van der Waals surface area contributed by atoms with Crippen molar-refractivity contribution in [2.45, 2.75) is 13.5 Å². The van der Waals surface area contributed by atoms with Gasteiger partial charge in [-0.3, -0.25) is 9.59 Å². The molecule has 0 bridgehead atoms. The number of amides is 1. The van der Waals surface area contributed by atoms with Crippen LogP contribution in [0.25, 0.3) is 10.9 Å². The Balaban J connectivity index is 1.75. The summed E-state index contributed by atoms with van der Waals surface area (Å²) < 4.78 is 12.4. The van der Waals surface area contributed by atoms with E-state index in [0.717, 1.165) is 11.1 Å². The topological polar surface area (TPSA) is 95.3 Å². The second-order valence-corrected chi connectivity index (χ2v) is 7.72. The van der Waals surface area contributed by atoms with Crippen LogP contribution in [0.1, 0.15) is 21.6 Å². The number of methoxy groups -OCH3 is 2. The van der Waals surface area contributed by atoms with E-state index in [0.29, 0.717) is 34.0 Å². The number of aromatic nitrogens is 3. The summed E-state index contributed by atoms with van der Waals surface area (Å²) in [6.07, 6.45) is 1.24. The third kappa shape index (κ3) is 4.51. The largest absolute Gasteiger partial charge is 0.497 e. The van der Waals surface area contributed by atoms with Crippen LogP contribution in [0.3, 0.4) is 0 Å². The van der Waals surface area contributed by atoms with Gasteiger partial charge in [-0.25, -0.2) is 9.97 Å². The number of hydrogen-bond donors (Lipinski definition) is 1. The molecule has 0 aliphatic carbocycles. The molecule has 168 valence electrons. The maximum absolute atomic E-state index is 13.3. The highest BCUT2D eigenvalue weighted by Gasteiger charge is 2.26. The molecule has 0 saturated carbocycles. The molecular formula is C24H21ClN4O4. The number of nitrogens with zero attached hydrogens (tertiary/aromatic N) is 3.